The van der Waals surface area contributed by atoms with E-state index in [2.05, 4.69) is 6.92 Å². The summed E-state index contributed by atoms with van der Waals surface area (Å²) in [5.41, 5.74) is 3.38. The van der Waals surface area contributed by atoms with E-state index in [1.807, 2.05) is 43.3 Å². The topological polar surface area (TPSA) is 68.5 Å². The van der Waals surface area contributed by atoms with Crippen LogP contribution < -0.4 is 4.74 Å². The van der Waals surface area contributed by atoms with Gasteiger partial charge in [0.15, 0.2) is 0 Å². The van der Waals surface area contributed by atoms with E-state index in [1.54, 1.807) is 16.7 Å². The Labute approximate surface area is 170 Å². The van der Waals surface area contributed by atoms with E-state index in [0.717, 1.165) is 40.8 Å². The third-order valence-corrected chi connectivity index (χ3v) is 5.03. The summed E-state index contributed by atoms with van der Waals surface area (Å²) in [5, 5.41) is 9.88. The van der Waals surface area contributed by atoms with Gasteiger partial charge < -0.3 is 9.84 Å². The first-order chi connectivity index (χ1) is 14.0. The largest absolute Gasteiger partial charge is 0.494 e. The minimum absolute atomic E-state index is 0.0831. The lowest BCUT2D eigenvalue weighted by molar-refractivity contribution is -0.137. The van der Waals surface area contributed by atoms with Gasteiger partial charge in [-0.25, -0.2) is 0 Å². The maximum Gasteiger partial charge on any atom is 0.303 e. The molecule has 0 fully saturated rings. The standard InChI is InChI=1S/C24H27NO4/c1-3-4-15-29-20-13-11-19(12-14-20)24(28)25-17(2)16-21-18(7-5-9-22(21)25)8-6-10-23(26)27/h5,7,9,11-14,16H,3-4,6,8,10,15H2,1-2H3,(H,26,27). The molecular formula is C24H27NO4. The van der Waals surface area contributed by atoms with Crippen molar-refractivity contribution >= 4 is 22.8 Å². The summed E-state index contributed by atoms with van der Waals surface area (Å²) in [6.07, 6.45) is 3.47. The predicted octanol–water partition coefficient (Wildman–Crippen LogP) is 5.22. The molecule has 5 nitrogen and oxygen atoms in total. The average Bonchev–Trinajstić information content (AvgIpc) is 3.04. The lowest BCUT2D eigenvalue weighted by atomic mass is 10.0. The van der Waals surface area contributed by atoms with Crippen molar-refractivity contribution < 1.29 is 19.4 Å². The van der Waals surface area contributed by atoms with Gasteiger partial charge in [0.05, 0.1) is 12.1 Å². The highest BCUT2D eigenvalue weighted by Gasteiger charge is 2.16. The number of carbonyl (C=O) groups excluding carboxylic acids is 1. The number of nitrogens with zero attached hydrogens (tertiary/aromatic N) is 1. The van der Waals surface area contributed by atoms with Crippen LogP contribution in [-0.4, -0.2) is 28.2 Å². The van der Waals surface area contributed by atoms with Crippen LogP contribution in [0.2, 0.25) is 0 Å². The zero-order valence-electron chi connectivity index (χ0n) is 17.0. The SMILES string of the molecule is CCCCOc1ccc(C(=O)n2c(C)cc3c(CCCC(=O)O)cccc32)cc1. The molecule has 0 saturated heterocycles. The summed E-state index contributed by atoms with van der Waals surface area (Å²) >= 11 is 0. The number of fused-ring (bicyclic) bond motifs is 1. The minimum Gasteiger partial charge on any atom is -0.494 e. The predicted molar refractivity (Wildman–Crippen MR) is 114 cm³/mol. The van der Waals surface area contributed by atoms with Gasteiger partial charge in [-0.3, -0.25) is 14.2 Å². The van der Waals surface area contributed by atoms with Crippen LogP contribution >= 0.6 is 0 Å². The number of hydrogen-bond donors (Lipinski definition) is 1. The van der Waals surface area contributed by atoms with Gasteiger partial charge in [-0.2, -0.15) is 0 Å². The van der Waals surface area contributed by atoms with Crippen LogP contribution in [0.25, 0.3) is 10.9 Å². The van der Waals surface area contributed by atoms with Crippen molar-refractivity contribution in [3.8, 4) is 5.75 Å². The van der Waals surface area contributed by atoms with Crippen LogP contribution in [0, 0.1) is 6.92 Å². The fraction of sp³-hybridized carbons (Fsp3) is 0.333. The maximum atomic E-state index is 13.2. The van der Waals surface area contributed by atoms with Gasteiger partial charge in [-0.1, -0.05) is 25.5 Å². The van der Waals surface area contributed by atoms with Gasteiger partial charge >= 0.3 is 5.97 Å². The Morgan fingerprint density at radius 1 is 1.07 bits per heavy atom. The molecule has 1 N–H and O–H groups in total. The summed E-state index contributed by atoms with van der Waals surface area (Å²) < 4.78 is 7.40. The van der Waals surface area contributed by atoms with Crippen molar-refractivity contribution in [1.29, 1.82) is 0 Å². The molecule has 0 atom stereocenters. The Kier molecular flexibility index (Phi) is 6.70. The van der Waals surface area contributed by atoms with E-state index in [-0.39, 0.29) is 12.3 Å². The molecule has 0 aliphatic heterocycles. The molecule has 5 heteroatoms. The fourth-order valence-corrected chi connectivity index (χ4v) is 3.50. The monoisotopic (exact) mass is 393 g/mol. The fourth-order valence-electron chi connectivity index (χ4n) is 3.50. The highest BCUT2D eigenvalue weighted by molar-refractivity contribution is 6.03. The number of aryl methyl sites for hydroxylation is 2. The Balaban J connectivity index is 1.84. The summed E-state index contributed by atoms with van der Waals surface area (Å²) in [6, 6.07) is 15.1. The van der Waals surface area contributed by atoms with E-state index in [4.69, 9.17) is 9.84 Å². The molecule has 0 saturated carbocycles. The Hall–Kier alpha value is -3.08. The number of carboxylic acids is 1. The molecule has 3 rings (SSSR count). The normalized spacial score (nSPS) is 11.0. The third kappa shape index (κ3) is 4.86. The molecular weight excluding hydrogens is 366 g/mol. The van der Waals surface area contributed by atoms with Crippen LogP contribution in [0.5, 0.6) is 5.75 Å². The van der Waals surface area contributed by atoms with Crippen LogP contribution in [0.1, 0.15) is 54.2 Å². The van der Waals surface area contributed by atoms with Crippen molar-refractivity contribution in [1.82, 2.24) is 4.57 Å². The van der Waals surface area contributed by atoms with E-state index < -0.39 is 5.97 Å². The maximum absolute atomic E-state index is 13.2. The first-order valence-corrected chi connectivity index (χ1v) is 10.1. The zero-order valence-corrected chi connectivity index (χ0v) is 17.0. The Morgan fingerprint density at radius 2 is 1.83 bits per heavy atom. The summed E-state index contributed by atoms with van der Waals surface area (Å²) in [4.78, 5) is 24.0. The third-order valence-electron chi connectivity index (χ3n) is 5.03. The quantitative estimate of drug-likeness (QED) is 0.506. The first kappa shape index (κ1) is 20.6. The number of ether oxygens (including phenoxy) is 1. The number of benzene rings is 2. The summed E-state index contributed by atoms with van der Waals surface area (Å²) in [5.74, 6) is -0.103. The van der Waals surface area contributed by atoms with Gasteiger partial charge in [0.2, 0.25) is 0 Å². The van der Waals surface area contributed by atoms with Crippen molar-refractivity contribution in [2.24, 2.45) is 0 Å². The van der Waals surface area contributed by atoms with Gasteiger partial charge in [-0.05, 0) is 68.1 Å². The molecule has 2 aromatic carbocycles. The minimum atomic E-state index is -0.789. The number of carboxylic acid groups (broad SMARTS) is 1. The number of unbranched alkanes of at least 4 members (excludes halogenated alkanes) is 1. The van der Waals surface area contributed by atoms with Gasteiger partial charge in [0, 0.05) is 23.1 Å². The van der Waals surface area contributed by atoms with Crippen LogP contribution in [0.4, 0.5) is 0 Å². The molecule has 29 heavy (non-hydrogen) atoms. The van der Waals surface area contributed by atoms with Crippen LogP contribution in [0.3, 0.4) is 0 Å². The number of rotatable bonds is 9. The van der Waals surface area contributed by atoms with E-state index in [1.165, 1.54) is 0 Å². The molecule has 0 aliphatic rings. The van der Waals surface area contributed by atoms with Crippen LogP contribution in [-0.2, 0) is 11.2 Å². The van der Waals surface area contributed by atoms with Crippen molar-refractivity contribution in [3.05, 3.63) is 65.4 Å². The molecule has 3 aromatic rings. The molecule has 0 amide bonds. The Bertz CT molecular complexity index is 1000. The lowest BCUT2D eigenvalue weighted by Crippen LogP contribution is -2.13. The second-order valence-electron chi connectivity index (χ2n) is 7.25. The molecule has 1 aromatic heterocycles. The lowest BCUT2D eigenvalue weighted by Gasteiger charge is -2.09. The molecule has 0 bridgehead atoms. The van der Waals surface area contributed by atoms with Gasteiger partial charge in [0.1, 0.15) is 5.75 Å². The molecule has 1 heterocycles. The summed E-state index contributed by atoms with van der Waals surface area (Å²) in [7, 11) is 0. The molecule has 0 aliphatic carbocycles. The van der Waals surface area contributed by atoms with E-state index in [9.17, 15) is 9.59 Å². The number of aromatic nitrogens is 1. The second-order valence-corrected chi connectivity index (χ2v) is 7.25. The van der Waals surface area contributed by atoms with Gasteiger partial charge in [-0.15, -0.1) is 0 Å². The number of carbonyl (C=O) groups is 2. The van der Waals surface area contributed by atoms with E-state index >= 15 is 0 Å². The van der Waals surface area contributed by atoms with E-state index in [0.29, 0.717) is 25.0 Å². The van der Waals surface area contributed by atoms with Gasteiger partial charge in [0.25, 0.3) is 5.91 Å². The molecule has 152 valence electrons. The smallest absolute Gasteiger partial charge is 0.303 e. The average molecular weight is 393 g/mol. The number of hydrogen-bond acceptors (Lipinski definition) is 3. The second kappa shape index (κ2) is 9.41. The molecule has 0 spiro atoms. The first-order valence-electron chi connectivity index (χ1n) is 10.1. The Morgan fingerprint density at radius 3 is 2.52 bits per heavy atom. The molecule has 0 radical (unpaired) electrons. The summed E-state index contributed by atoms with van der Waals surface area (Å²) in [6.45, 7) is 4.71. The van der Waals surface area contributed by atoms with Crippen LogP contribution in [0.15, 0.2) is 48.5 Å². The molecule has 0 unspecified atom stereocenters. The van der Waals surface area contributed by atoms with Crippen molar-refractivity contribution in [3.63, 3.8) is 0 Å². The van der Waals surface area contributed by atoms with Crippen molar-refractivity contribution in [2.75, 3.05) is 6.61 Å². The highest BCUT2D eigenvalue weighted by atomic mass is 16.5. The van der Waals surface area contributed by atoms with Crippen molar-refractivity contribution in [2.45, 2.75) is 46.0 Å². The number of aliphatic carboxylic acids is 1. The highest BCUT2D eigenvalue weighted by Crippen LogP contribution is 2.26. The zero-order chi connectivity index (χ0) is 20.8.